The van der Waals surface area contributed by atoms with Gasteiger partial charge in [-0.3, -0.25) is 4.79 Å². The van der Waals surface area contributed by atoms with Gasteiger partial charge in [0.05, 0.1) is 6.61 Å². The van der Waals surface area contributed by atoms with E-state index in [2.05, 4.69) is 25.5 Å². The number of piperazine rings is 1. The molecule has 1 aromatic rings. The highest BCUT2D eigenvalue weighted by Gasteiger charge is 2.28. The fourth-order valence-electron chi connectivity index (χ4n) is 2.38. The maximum atomic E-state index is 12.3. The molecular formula is C15H26N6O2. The Bertz CT molecular complexity index is 491. The molecule has 1 unspecified atom stereocenters. The van der Waals surface area contributed by atoms with Crippen molar-refractivity contribution in [2.75, 3.05) is 59.3 Å². The molecule has 0 aliphatic carbocycles. The summed E-state index contributed by atoms with van der Waals surface area (Å²) < 4.78 is 5.07. The van der Waals surface area contributed by atoms with E-state index in [-0.39, 0.29) is 11.9 Å². The number of aromatic nitrogens is 2. The van der Waals surface area contributed by atoms with Crippen molar-refractivity contribution < 1.29 is 9.53 Å². The molecule has 1 aliphatic rings. The summed E-state index contributed by atoms with van der Waals surface area (Å²) in [7, 11) is 5.64. The Morgan fingerprint density at radius 1 is 1.43 bits per heavy atom. The molecule has 2 rings (SSSR count). The summed E-state index contributed by atoms with van der Waals surface area (Å²) in [4.78, 5) is 24.8. The first-order valence-electron chi connectivity index (χ1n) is 7.80. The van der Waals surface area contributed by atoms with Gasteiger partial charge in [0.15, 0.2) is 0 Å². The molecule has 2 heterocycles. The highest BCUT2D eigenvalue weighted by molar-refractivity contribution is 5.82. The number of hydrogen-bond donors (Lipinski definition) is 2. The van der Waals surface area contributed by atoms with Crippen LogP contribution >= 0.6 is 0 Å². The molecule has 0 aromatic carbocycles. The number of anilines is 1. The molecule has 0 radical (unpaired) electrons. The number of ether oxygens (including phenoxy) is 1. The van der Waals surface area contributed by atoms with Crippen molar-refractivity contribution in [1.29, 1.82) is 0 Å². The van der Waals surface area contributed by atoms with Crippen molar-refractivity contribution >= 4 is 11.9 Å². The average molecular weight is 322 g/mol. The molecular weight excluding hydrogens is 296 g/mol. The predicted molar refractivity (Wildman–Crippen MR) is 88.2 cm³/mol. The molecule has 1 amide bonds. The van der Waals surface area contributed by atoms with Gasteiger partial charge in [-0.05, 0) is 14.1 Å². The summed E-state index contributed by atoms with van der Waals surface area (Å²) in [6.07, 6.45) is 3.54. The van der Waals surface area contributed by atoms with Crippen molar-refractivity contribution in [2.24, 2.45) is 0 Å². The molecule has 2 N–H and O–H groups in total. The van der Waals surface area contributed by atoms with Crippen LogP contribution in [0.25, 0.3) is 0 Å². The van der Waals surface area contributed by atoms with Gasteiger partial charge >= 0.3 is 0 Å². The van der Waals surface area contributed by atoms with Crippen LogP contribution < -0.4 is 10.6 Å². The third kappa shape index (κ3) is 5.42. The zero-order valence-electron chi connectivity index (χ0n) is 14.1. The lowest BCUT2D eigenvalue weighted by molar-refractivity contribution is -0.137. The number of likely N-dealkylation sites (N-methyl/N-ethyl adjacent to an activating group) is 1. The molecule has 0 spiro atoms. The lowest BCUT2D eigenvalue weighted by Crippen LogP contribution is -2.56. The summed E-state index contributed by atoms with van der Waals surface area (Å²) in [6.45, 7) is 4.08. The molecule has 1 atom stereocenters. The van der Waals surface area contributed by atoms with Gasteiger partial charge in [-0.1, -0.05) is 0 Å². The normalized spacial score (nSPS) is 18.5. The molecule has 0 saturated carbocycles. The van der Waals surface area contributed by atoms with Gasteiger partial charge in [0.1, 0.15) is 6.04 Å². The van der Waals surface area contributed by atoms with Crippen LogP contribution in [0.3, 0.4) is 0 Å². The minimum absolute atomic E-state index is 0.0614. The first-order valence-corrected chi connectivity index (χ1v) is 7.80. The molecule has 1 aliphatic heterocycles. The first kappa shape index (κ1) is 17.6. The van der Waals surface area contributed by atoms with E-state index in [0.29, 0.717) is 25.6 Å². The lowest BCUT2D eigenvalue weighted by Gasteiger charge is -2.32. The molecule has 0 bridgehead atoms. The number of carbonyl (C=O) groups is 1. The van der Waals surface area contributed by atoms with E-state index < -0.39 is 0 Å². The first-order chi connectivity index (χ1) is 11.1. The topological polar surface area (TPSA) is 82.6 Å². The van der Waals surface area contributed by atoms with Gasteiger partial charge in [0, 0.05) is 57.8 Å². The smallest absolute Gasteiger partial charge is 0.242 e. The van der Waals surface area contributed by atoms with Crippen LogP contribution in [-0.4, -0.2) is 85.7 Å². The van der Waals surface area contributed by atoms with Crippen molar-refractivity contribution in [3.8, 4) is 0 Å². The van der Waals surface area contributed by atoms with Gasteiger partial charge in [-0.25, -0.2) is 9.97 Å². The Morgan fingerprint density at radius 3 is 2.83 bits per heavy atom. The van der Waals surface area contributed by atoms with Gasteiger partial charge in [0.2, 0.25) is 11.9 Å². The van der Waals surface area contributed by atoms with Crippen LogP contribution in [0.4, 0.5) is 5.95 Å². The average Bonchev–Trinajstić information content (AvgIpc) is 2.53. The zero-order valence-corrected chi connectivity index (χ0v) is 14.1. The number of nitrogens with one attached hydrogen (secondary N) is 2. The summed E-state index contributed by atoms with van der Waals surface area (Å²) in [5.41, 5.74) is 0.926. The monoisotopic (exact) mass is 322 g/mol. The van der Waals surface area contributed by atoms with E-state index >= 15 is 0 Å². The number of carbonyl (C=O) groups excluding carboxylic acids is 1. The van der Waals surface area contributed by atoms with Crippen LogP contribution in [0, 0.1) is 0 Å². The van der Waals surface area contributed by atoms with E-state index in [4.69, 9.17) is 4.74 Å². The fraction of sp³-hybridized carbons (Fsp3) is 0.667. The summed E-state index contributed by atoms with van der Waals surface area (Å²) >= 11 is 0. The Hall–Kier alpha value is -1.77. The van der Waals surface area contributed by atoms with E-state index in [1.807, 2.05) is 19.0 Å². The quantitative estimate of drug-likeness (QED) is 0.661. The van der Waals surface area contributed by atoms with Crippen LogP contribution in [0.2, 0.25) is 0 Å². The Labute approximate surface area is 137 Å². The summed E-state index contributed by atoms with van der Waals surface area (Å²) in [5.74, 6) is 0.672. The van der Waals surface area contributed by atoms with E-state index in [0.717, 1.165) is 25.2 Å². The zero-order chi connectivity index (χ0) is 16.7. The molecule has 128 valence electrons. The standard InChI is InChI=1S/C15H26N6O2/c1-20(2)6-4-17-15-18-8-12(9-19-15)10-21-7-5-16-13(11-23-3)14(21)22/h8-9,13,16H,4-7,10-11H2,1-3H3,(H,17,18,19). The second kappa shape index (κ2) is 8.76. The van der Waals surface area contributed by atoms with E-state index in [1.165, 1.54) is 0 Å². The van der Waals surface area contributed by atoms with Crippen molar-refractivity contribution in [3.63, 3.8) is 0 Å². The number of nitrogens with zero attached hydrogens (tertiary/aromatic N) is 4. The molecule has 1 aromatic heterocycles. The molecule has 1 fully saturated rings. The van der Waals surface area contributed by atoms with Gasteiger partial charge in [-0.15, -0.1) is 0 Å². The third-order valence-electron chi connectivity index (χ3n) is 3.64. The van der Waals surface area contributed by atoms with Gasteiger partial charge < -0.3 is 25.2 Å². The van der Waals surface area contributed by atoms with Crippen LogP contribution in [0.5, 0.6) is 0 Å². The second-order valence-electron chi connectivity index (χ2n) is 5.87. The van der Waals surface area contributed by atoms with Gasteiger partial charge in [-0.2, -0.15) is 0 Å². The maximum Gasteiger partial charge on any atom is 0.242 e. The van der Waals surface area contributed by atoms with Gasteiger partial charge in [0.25, 0.3) is 0 Å². The minimum atomic E-state index is -0.262. The van der Waals surface area contributed by atoms with Crippen LogP contribution in [0.15, 0.2) is 12.4 Å². The van der Waals surface area contributed by atoms with Crippen LogP contribution in [0.1, 0.15) is 5.56 Å². The van der Waals surface area contributed by atoms with Crippen molar-refractivity contribution in [2.45, 2.75) is 12.6 Å². The number of rotatable bonds is 8. The number of methoxy groups -OCH3 is 1. The highest BCUT2D eigenvalue weighted by Crippen LogP contribution is 2.09. The Balaban J connectivity index is 1.86. The van der Waals surface area contributed by atoms with E-state index in [1.54, 1.807) is 19.5 Å². The molecule has 8 nitrogen and oxygen atoms in total. The minimum Gasteiger partial charge on any atom is -0.383 e. The largest absolute Gasteiger partial charge is 0.383 e. The number of amides is 1. The molecule has 23 heavy (non-hydrogen) atoms. The van der Waals surface area contributed by atoms with E-state index in [9.17, 15) is 4.79 Å². The van der Waals surface area contributed by atoms with Crippen molar-refractivity contribution in [3.05, 3.63) is 18.0 Å². The Kier molecular flexibility index (Phi) is 6.69. The van der Waals surface area contributed by atoms with Crippen LogP contribution in [-0.2, 0) is 16.1 Å². The molecule has 8 heteroatoms. The fourth-order valence-corrected chi connectivity index (χ4v) is 2.38. The number of hydrogen-bond acceptors (Lipinski definition) is 7. The van der Waals surface area contributed by atoms with Crippen molar-refractivity contribution in [1.82, 2.24) is 25.1 Å². The highest BCUT2D eigenvalue weighted by atomic mass is 16.5. The predicted octanol–water partition coefficient (Wildman–Crippen LogP) is -0.603. The Morgan fingerprint density at radius 2 is 2.17 bits per heavy atom. The lowest BCUT2D eigenvalue weighted by atomic mass is 10.2. The SMILES string of the molecule is COCC1NCCN(Cc2cnc(NCCN(C)C)nc2)C1=O. The summed E-state index contributed by atoms with van der Waals surface area (Å²) in [5, 5.41) is 6.33. The third-order valence-corrected chi connectivity index (χ3v) is 3.64. The molecule has 1 saturated heterocycles. The maximum absolute atomic E-state index is 12.3. The second-order valence-corrected chi connectivity index (χ2v) is 5.87. The summed E-state index contributed by atoms with van der Waals surface area (Å²) in [6, 6.07) is -0.262.